The third kappa shape index (κ3) is 5.01. The van der Waals surface area contributed by atoms with Gasteiger partial charge in [0, 0.05) is 17.1 Å². The summed E-state index contributed by atoms with van der Waals surface area (Å²) in [5, 5.41) is 14.1. The molecule has 0 bridgehead atoms. The Morgan fingerprint density at radius 3 is 2.68 bits per heavy atom. The third-order valence-electron chi connectivity index (χ3n) is 3.35. The van der Waals surface area contributed by atoms with Crippen LogP contribution in [-0.2, 0) is 6.54 Å². The topological polar surface area (TPSA) is 41.5 Å². The number of hydrogen-bond acceptors (Lipinski definition) is 3. The van der Waals surface area contributed by atoms with Crippen LogP contribution in [0.25, 0.3) is 0 Å². The van der Waals surface area contributed by atoms with Crippen LogP contribution >= 0.6 is 11.6 Å². The summed E-state index contributed by atoms with van der Waals surface area (Å²) in [5.74, 6) is 0.906. The molecule has 1 aromatic carbocycles. The highest BCUT2D eigenvalue weighted by molar-refractivity contribution is 6.30. The molecule has 19 heavy (non-hydrogen) atoms. The zero-order valence-corrected chi connectivity index (χ0v) is 12.9. The molecule has 2 N–H and O–H groups in total. The fourth-order valence-corrected chi connectivity index (χ4v) is 1.67. The van der Waals surface area contributed by atoms with Gasteiger partial charge in [-0.2, -0.15) is 0 Å². The number of benzene rings is 1. The van der Waals surface area contributed by atoms with E-state index in [1.54, 1.807) is 13.0 Å². The lowest BCUT2D eigenvalue weighted by molar-refractivity contribution is -0.0268. The molecular weight excluding hydrogens is 262 g/mol. The molecule has 0 radical (unpaired) electrons. The van der Waals surface area contributed by atoms with Crippen LogP contribution in [0.4, 0.5) is 0 Å². The summed E-state index contributed by atoms with van der Waals surface area (Å²) in [7, 11) is 0. The molecule has 0 aromatic heterocycles. The van der Waals surface area contributed by atoms with E-state index in [2.05, 4.69) is 12.2 Å². The normalized spacial score (nSPS) is 14.5. The van der Waals surface area contributed by atoms with Gasteiger partial charge >= 0.3 is 0 Å². The Morgan fingerprint density at radius 1 is 1.42 bits per heavy atom. The molecule has 0 spiro atoms. The minimum atomic E-state index is -0.838. The predicted molar refractivity (Wildman–Crippen MR) is 79.8 cm³/mol. The molecule has 0 aliphatic carbocycles. The van der Waals surface area contributed by atoms with E-state index in [-0.39, 0.29) is 12.5 Å². The van der Waals surface area contributed by atoms with Crippen molar-refractivity contribution in [1.29, 1.82) is 0 Å². The minimum Gasteiger partial charge on any atom is -0.490 e. The van der Waals surface area contributed by atoms with E-state index in [9.17, 15) is 5.11 Å². The first-order chi connectivity index (χ1) is 8.86. The first-order valence-corrected chi connectivity index (χ1v) is 7.09. The second-order valence-electron chi connectivity index (χ2n) is 5.33. The van der Waals surface area contributed by atoms with Crippen LogP contribution in [0.2, 0.25) is 5.02 Å². The second-order valence-corrected chi connectivity index (χ2v) is 5.77. The first kappa shape index (κ1) is 16.3. The lowest BCUT2D eigenvalue weighted by atomic mass is 9.94. The molecule has 1 atom stereocenters. The number of aliphatic hydroxyl groups is 1. The van der Waals surface area contributed by atoms with Crippen LogP contribution in [0.3, 0.4) is 0 Å². The van der Waals surface area contributed by atoms with Crippen molar-refractivity contribution in [3.8, 4) is 5.75 Å². The van der Waals surface area contributed by atoms with Gasteiger partial charge < -0.3 is 15.2 Å². The SMILES string of the molecule is CCNCc1cc(Cl)ccc1OCC(C)(O)C(C)C. The fraction of sp³-hybridized carbons (Fsp3) is 0.600. The van der Waals surface area contributed by atoms with Gasteiger partial charge in [0.15, 0.2) is 0 Å². The van der Waals surface area contributed by atoms with E-state index in [1.165, 1.54) is 0 Å². The van der Waals surface area contributed by atoms with Gasteiger partial charge in [-0.15, -0.1) is 0 Å². The van der Waals surface area contributed by atoms with Crippen LogP contribution in [0.1, 0.15) is 33.3 Å². The van der Waals surface area contributed by atoms with Crippen molar-refractivity contribution in [1.82, 2.24) is 5.32 Å². The molecule has 3 nitrogen and oxygen atoms in total. The van der Waals surface area contributed by atoms with Gasteiger partial charge in [0.2, 0.25) is 0 Å². The van der Waals surface area contributed by atoms with Crippen LogP contribution < -0.4 is 10.1 Å². The molecule has 0 saturated carbocycles. The van der Waals surface area contributed by atoms with E-state index >= 15 is 0 Å². The number of rotatable bonds is 7. The molecule has 0 aliphatic heterocycles. The van der Waals surface area contributed by atoms with Crippen molar-refractivity contribution < 1.29 is 9.84 Å². The standard InChI is InChI=1S/C15H24ClNO2/c1-5-17-9-12-8-13(16)6-7-14(12)19-10-15(4,18)11(2)3/h6-8,11,17-18H,5,9-10H2,1-4H3. The molecular formula is C15H24ClNO2. The fourth-order valence-electron chi connectivity index (χ4n) is 1.48. The summed E-state index contributed by atoms with van der Waals surface area (Å²) in [6.45, 7) is 9.65. The molecule has 0 fully saturated rings. The van der Waals surface area contributed by atoms with Crippen LogP contribution in [0, 0.1) is 5.92 Å². The third-order valence-corrected chi connectivity index (χ3v) is 3.59. The number of ether oxygens (including phenoxy) is 1. The maximum Gasteiger partial charge on any atom is 0.124 e. The van der Waals surface area contributed by atoms with Crippen molar-refractivity contribution in [3.63, 3.8) is 0 Å². The summed E-state index contributed by atoms with van der Waals surface area (Å²) in [4.78, 5) is 0. The van der Waals surface area contributed by atoms with E-state index in [0.717, 1.165) is 17.9 Å². The van der Waals surface area contributed by atoms with Gasteiger partial charge in [-0.25, -0.2) is 0 Å². The average Bonchev–Trinajstić information content (AvgIpc) is 2.35. The Kier molecular flexibility index (Phi) is 6.11. The summed E-state index contributed by atoms with van der Waals surface area (Å²) >= 11 is 6.00. The van der Waals surface area contributed by atoms with Crippen LogP contribution in [-0.4, -0.2) is 23.9 Å². The highest BCUT2D eigenvalue weighted by Crippen LogP contribution is 2.25. The van der Waals surface area contributed by atoms with Gasteiger partial charge in [-0.1, -0.05) is 32.4 Å². The van der Waals surface area contributed by atoms with Crippen molar-refractivity contribution in [2.45, 2.75) is 39.8 Å². The Balaban J connectivity index is 2.77. The largest absolute Gasteiger partial charge is 0.490 e. The number of halogens is 1. The molecule has 1 unspecified atom stereocenters. The Morgan fingerprint density at radius 2 is 2.11 bits per heavy atom. The van der Waals surface area contributed by atoms with Crippen molar-refractivity contribution in [3.05, 3.63) is 28.8 Å². The van der Waals surface area contributed by atoms with Gasteiger partial charge in [-0.05, 0) is 37.6 Å². The van der Waals surface area contributed by atoms with E-state index < -0.39 is 5.60 Å². The highest BCUT2D eigenvalue weighted by atomic mass is 35.5. The molecule has 108 valence electrons. The van der Waals surface area contributed by atoms with Gasteiger partial charge in [0.25, 0.3) is 0 Å². The maximum absolute atomic E-state index is 10.2. The summed E-state index contributed by atoms with van der Waals surface area (Å²) < 4.78 is 5.77. The van der Waals surface area contributed by atoms with Gasteiger partial charge in [0.1, 0.15) is 12.4 Å². The summed E-state index contributed by atoms with van der Waals surface area (Å²) in [5.41, 5.74) is 0.170. The molecule has 0 saturated heterocycles. The lowest BCUT2D eigenvalue weighted by Crippen LogP contribution is -2.38. The number of hydrogen-bond donors (Lipinski definition) is 2. The molecule has 0 aliphatic rings. The monoisotopic (exact) mass is 285 g/mol. The second kappa shape index (κ2) is 7.13. The Hall–Kier alpha value is -0.770. The Bertz CT molecular complexity index is 405. The zero-order valence-electron chi connectivity index (χ0n) is 12.2. The molecule has 1 rings (SSSR count). The smallest absolute Gasteiger partial charge is 0.124 e. The van der Waals surface area contributed by atoms with E-state index in [4.69, 9.17) is 16.3 Å². The predicted octanol–water partition coefficient (Wildman–Crippen LogP) is 3.24. The van der Waals surface area contributed by atoms with E-state index in [1.807, 2.05) is 26.0 Å². The van der Waals surface area contributed by atoms with E-state index in [0.29, 0.717) is 11.6 Å². The molecule has 0 amide bonds. The highest BCUT2D eigenvalue weighted by Gasteiger charge is 2.26. The maximum atomic E-state index is 10.2. The van der Waals surface area contributed by atoms with Crippen molar-refractivity contribution in [2.24, 2.45) is 5.92 Å². The average molecular weight is 286 g/mol. The zero-order chi connectivity index (χ0) is 14.5. The lowest BCUT2D eigenvalue weighted by Gasteiger charge is -2.28. The first-order valence-electron chi connectivity index (χ1n) is 6.71. The van der Waals surface area contributed by atoms with Crippen molar-refractivity contribution >= 4 is 11.6 Å². The quantitative estimate of drug-likeness (QED) is 0.808. The van der Waals surface area contributed by atoms with Crippen LogP contribution in [0.5, 0.6) is 5.75 Å². The van der Waals surface area contributed by atoms with Gasteiger partial charge in [0.05, 0.1) is 5.60 Å². The minimum absolute atomic E-state index is 0.136. The molecule has 4 heteroatoms. The number of nitrogens with one attached hydrogen (secondary N) is 1. The van der Waals surface area contributed by atoms with Gasteiger partial charge in [-0.3, -0.25) is 0 Å². The van der Waals surface area contributed by atoms with Crippen LogP contribution in [0.15, 0.2) is 18.2 Å². The summed E-state index contributed by atoms with van der Waals surface area (Å²) in [6, 6.07) is 5.55. The molecule has 0 heterocycles. The molecule has 1 aromatic rings. The summed E-state index contributed by atoms with van der Waals surface area (Å²) in [6.07, 6.45) is 0. The van der Waals surface area contributed by atoms with Crippen molar-refractivity contribution in [2.75, 3.05) is 13.2 Å². The Labute approximate surface area is 120 Å².